The maximum atomic E-state index is 11.5. The second-order valence-electron chi connectivity index (χ2n) is 7.08. The average Bonchev–Trinajstić information content (AvgIpc) is 2.87. The SMILES string of the molecule is O=C(NO)c1ccc(Nc2nc3ccccc3n2C2CCCCCC2)cc1. The minimum Gasteiger partial charge on any atom is -0.326 e. The molecule has 0 bridgehead atoms. The first-order valence-electron chi connectivity index (χ1n) is 9.55. The Morgan fingerprint density at radius 3 is 2.41 bits per heavy atom. The zero-order valence-corrected chi connectivity index (χ0v) is 15.2. The van der Waals surface area contributed by atoms with E-state index in [1.54, 1.807) is 17.6 Å². The molecule has 6 nitrogen and oxygen atoms in total. The van der Waals surface area contributed by atoms with Gasteiger partial charge >= 0.3 is 0 Å². The average molecular weight is 364 g/mol. The summed E-state index contributed by atoms with van der Waals surface area (Å²) in [4.78, 5) is 16.3. The summed E-state index contributed by atoms with van der Waals surface area (Å²) < 4.78 is 2.34. The van der Waals surface area contributed by atoms with Crippen molar-refractivity contribution >= 4 is 28.6 Å². The summed E-state index contributed by atoms with van der Waals surface area (Å²) in [5.74, 6) is 0.315. The van der Waals surface area contributed by atoms with Crippen LogP contribution in [-0.2, 0) is 0 Å². The number of imidazole rings is 1. The number of rotatable bonds is 4. The van der Waals surface area contributed by atoms with Gasteiger partial charge in [0.15, 0.2) is 0 Å². The lowest BCUT2D eigenvalue weighted by Crippen LogP contribution is -2.18. The van der Waals surface area contributed by atoms with E-state index in [1.807, 2.05) is 24.3 Å². The van der Waals surface area contributed by atoms with E-state index < -0.39 is 5.91 Å². The molecule has 0 radical (unpaired) electrons. The van der Waals surface area contributed by atoms with Crippen molar-refractivity contribution in [2.45, 2.75) is 44.6 Å². The predicted molar refractivity (Wildman–Crippen MR) is 105 cm³/mol. The van der Waals surface area contributed by atoms with E-state index in [-0.39, 0.29) is 0 Å². The molecule has 0 atom stereocenters. The van der Waals surface area contributed by atoms with E-state index in [0.29, 0.717) is 11.6 Å². The molecule has 2 aromatic carbocycles. The number of nitrogens with one attached hydrogen (secondary N) is 2. The first-order chi connectivity index (χ1) is 13.3. The quantitative estimate of drug-likeness (QED) is 0.353. The van der Waals surface area contributed by atoms with Crippen LogP contribution in [0.25, 0.3) is 11.0 Å². The third kappa shape index (κ3) is 3.66. The van der Waals surface area contributed by atoms with Crippen molar-refractivity contribution in [1.29, 1.82) is 0 Å². The molecule has 1 aliphatic carbocycles. The zero-order chi connectivity index (χ0) is 18.6. The number of para-hydroxylation sites is 2. The minimum absolute atomic E-state index is 0.403. The molecule has 140 valence electrons. The molecule has 27 heavy (non-hydrogen) atoms. The van der Waals surface area contributed by atoms with E-state index in [9.17, 15) is 4.79 Å². The van der Waals surface area contributed by atoms with Crippen molar-refractivity contribution in [3.8, 4) is 0 Å². The molecule has 1 aromatic heterocycles. The standard InChI is InChI=1S/C21H24N4O2/c26-20(24-27)15-11-13-16(14-12-15)22-21-23-18-9-5-6-10-19(18)25(21)17-7-3-1-2-4-8-17/h5-6,9-14,17,27H,1-4,7-8H2,(H,22,23)(H,24,26). The van der Waals surface area contributed by atoms with Crippen molar-refractivity contribution in [3.63, 3.8) is 0 Å². The molecular weight excluding hydrogens is 340 g/mol. The van der Waals surface area contributed by atoms with Gasteiger partial charge in [-0.05, 0) is 49.2 Å². The second-order valence-corrected chi connectivity index (χ2v) is 7.08. The van der Waals surface area contributed by atoms with Gasteiger partial charge in [0.25, 0.3) is 5.91 Å². The summed E-state index contributed by atoms with van der Waals surface area (Å²) in [7, 11) is 0. The molecule has 1 saturated carbocycles. The Morgan fingerprint density at radius 1 is 1.00 bits per heavy atom. The van der Waals surface area contributed by atoms with Gasteiger partial charge in [0.05, 0.1) is 11.0 Å². The maximum absolute atomic E-state index is 11.5. The van der Waals surface area contributed by atoms with E-state index in [2.05, 4.69) is 22.0 Å². The van der Waals surface area contributed by atoms with Gasteiger partial charge in [-0.3, -0.25) is 10.0 Å². The lowest BCUT2D eigenvalue weighted by atomic mass is 10.1. The van der Waals surface area contributed by atoms with Gasteiger partial charge in [-0.15, -0.1) is 0 Å². The molecule has 1 aliphatic rings. The summed E-state index contributed by atoms with van der Waals surface area (Å²) in [6.45, 7) is 0. The third-order valence-corrected chi connectivity index (χ3v) is 5.29. The van der Waals surface area contributed by atoms with Crippen molar-refractivity contribution in [1.82, 2.24) is 15.0 Å². The number of benzene rings is 2. The van der Waals surface area contributed by atoms with Crippen molar-refractivity contribution in [3.05, 3.63) is 54.1 Å². The molecule has 4 rings (SSSR count). The first-order valence-corrected chi connectivity index (χ1v) is 9.55. The monoisotopic (exact) mass is 364 g/mol. The largest absolute Gasteiger partial charge is 0.326 e. The number of amides is 1. The molecule has 0 aliphatic heterocycles. The summed E-state index contributed by atoms with van der Waals surface area (Å²) >= 11 is 0. The maximum Gasteiger partial charge on any atom is 0.274 e. The summed E-state index contributed by atoms with van der Waals surface area (Å²) in [5, 5.41) is 12.2. The summed E-state index contributed by atoms with van der Waals surface area (Å²) in [6, 6.07) is 15.7. The first kappa shape index (κ1) is 17.5. The molecular formula is C21H24N4O2. The number of fused-ring (bicyclic) bond motifs is 1. The lowest BCUT2D eigenvalue weighted by Gasteiger charge is -2.20. The Morgan fingerprint density at radius 2 is 1.70 bits per heavy atom. The molecule has 0 unspecified atom stereocenters. The molecule has 3 N–H and O–H groups in total. The molecule has 1 heterocycles. The van der Waals surface area contributed by atoms with Crippen LogP contribution < -0.4 is 10.8 Å². The van der Waals surface area contributed by atoms with Gasteiger partial charge in [0, 0.05) is 17.3 Å². The second kappa shape index (κ2) is 7.80. The molecule has 0 saturated heterocycles. The van der Waals surface area contributed by atoms with E-state index in [4.69, 9.17) is 10.2 Å². The van der Waals surface area contributed by atoms with Crippen LogP contribution in [0, 0.1) is 0 Å². The molecule has 1 fully saturated rings. The van der Waals surface area contributed by atoms with Crippen molar-refractivity contribution in [2.24, 2.45) is 0 Å². The Bertz CT molecular complexity index is 925. The number of hydroxylamine groups is 1. The van der Waals surface area contributed by atoms with Crippen LogP contribution in [0.15, 0.2) is 48.5 Å². The van der Waals surface area contributed by atoms with E-state index in [0.717, 1.165) is 22.7 Å². The van der Waals surface area contributed by atoms with Gasteiger partial charge in [-0.1, -0.05) is 37.8 Å². The Balaban J connectivity index is 1.68. The third-order valence-electron chi connectivity index (χ3n) is 5.29. The number of anilines is 2. The van der Waals surface area contributed by atoms with Crippen LogP contribution in [-0.4, -0.2) is 20.7 Å². The number of hydrogen-bond donors (Lipinski definition) is 3. The smallest absolute Gasteiger partial charge is 0.274 e. The highest BCUT2D eigenvalue weighted by Gasteiger charge is 2.20. The van der Waals surface area contributed by atoms with Crippen LogP contribution in [0.1, 0.15) is 54.9 Å². The highest BCUT2D eigenvalue weighted by atomic mass is 16.5. The van der Waals surface area contributed by atoms with Crippen LogP contribution >= 0.6 is 0 Å². The number of carbonyl (C=O) groups excluding carboxylic acids is 1. The number of aromatic nitrogens is 2. The summed E-state index contributed by atoms with van der Waals surface area (Å²) in [5.41, 5.74) is 5.05. The van der Waals surface area contributed by atoms with Crippen LogP contribution in [0.3, 0.4) is 0 Å². The summed E-state index contributed by atoms with van der Waals surface area (Å²) in [6.07, 6.45) is 7.46. The molecule has 1 amide bonds. The fourth-order valence-corrected chi connectivity index (χ4v) is 3.92. The van der Waals surface area contributed by atoms with Gasteiger partial charge in [-0.2, -0.15) is 0 Å². The predicted octanol–water partition coefficient (Wildman–Crippen LogP) is 4.79. The van der Waals surface area contributed by atoms with Crippen molar-refractivity contribution in [2.75, 3.05) is 5.32 Å². The zero-order valence-electron chi connectivity index (χ0n) is 15.2. The minimum atomic E-state index is -0.521. The van der Waals surface area contributed by atoms with Crippen LogP contribution in [0.4, 0.5) is 11.6 Å². The van der Waals surface area contributed by atoms with Crippen LogP contribution in [0.5, 0.6) is 0 Å². The van der Waals surface area contributed by atoms with E-state index in [1.165, 1.54) is 38.5 Å². The fourth-order valence-electron chi connectivity index (χ4n) is 3.92. The fraction of sp³-hybridized carbons (Fsp3) is 0.333. The molecule has 6 heteroatoms. The Hall–Kier alpha value is -2.86. The van der Waals surface area contributed by atoms with Gasteiger partial charge in [-0.25, -0.2) is 10.5 Å². The van der Waals surface area contributed by atoms with Crippen molar-refractivity contribution < 1.29 is 10.0 Å². The number of hydrogen-bond acceptors (Lipinski definition) is 4. The van der Waals surface area contributed by atoms with Gasteiger partial charge < -0.3 is 9.88 Å². The Labute approximate surface area is 158 Å². The van der Waals surface area contributed by atoms with Crippen LogP contribution in [0.2, 0.25) is 0 Å². The number of nitrogens with zero attached hydrogens (tertiary/aromatic N) is 2. The Kier molecular flexibility index (Phi) is 5.07. The highest BCUT2D eigenvalue weighted by Crippen LogP contribution is 2.34. The highest BCUT2D eigenvalue weighted by molar-refractivity contribution is 5.93. The topological polar surface area (TPSA) is 79.2 Å². The van der Waals surface area contributed by atoms with Gasteiger partial charge in [0.1, 0.15) is 0 Å². The number of carbonyl (C=O) groups is 1. The normalized spacial score (nSPS) is 15.4. The molecule has 0 spiro atoms. The van der Waals surface area contributed by atoms with E-state index >= 15 is 0 Å². The molecule has 3 aromatic rings. The van der Waals surface area contributed by atoms with Gasteiger partial charge in [0.2, 0.25) is 5.95 Å². The lowest BCUT2D eigenvalue weighted by molar-refractivity contribution is 0.0706.